The van der Waals surface area contributed by atoms with Crippen LogP contribution in [0.4, 0.5) is 0 Å². The molecule has 0 aliphatic heterocycles. The van der Waals surface area contributed by atoms with Crippen LogP contribution in [0, 0.1) is 6.92 Å². The van der Waals surface area contributed by atoms with Crippen molar-refractivity contribution in [3.05, 3.63) is 29.8 Å². The van der Waals surface area contributed by atoms with Crippen LogP contribution in [-0.4, -0.2) is 16.1 Å². The van der Waals surface area contributed by atoms with E-state index in [1.54, 1.807) is 6.92 Å². The molecule has 2 nitrogen and oxygen atoms in total. The molecule has 0 unspecified atom stereocenters. The molecule has 1 atom stereocenters. The van der Waals surface area contributed by atoms with E-state index in [0.717, 1.165) is 4.90 Å². The third kappa shape index (κ3) is 5.19. The number of hydrogen-bond acceptors (Lipinski definition) is 2. The molecule has 0 radical (unpaired) electrons. The number of amides is 1. The predicted octanol–water partition coefficient (Wildman–Crippen LogP) is 3.74. The highest BCUT2D eigenvalue weighted by molar-refractivity contribution is 8.00. The van der Waals surface area contributed by atoms with Crippen molar-refractivity contribution in [2.75, 3.05) is 0 Å². The van der Waals surface area contributed by atoms with Crippen molar-refractivity contribution in [1.82, 2.24) is 5.32 Å². The second-order valence-electron chi connectivity index (χ2n) is 3.61. The zero-order valence-corrected chi connectivity index (χ0v) is 12.1. The number of benzene rings is 1. The van der Waals surface area contributed by atoms with E-state index in [9.17, 15) is 4.79 Å². The largest absolute Gasteiger partial charge is 0.341 e. The number of rotatable bonds is 5. The number of carbonyl (C=O) groups is 1. The van der Waals surface area contributed by atoms with Gasteiger partial charge in [-0.2, -0.15) is 0 Å². The summed E-state index contributed by atoms with van der Waals surface area (Å²) in [5, 5.41) is 2.46. The molecule has 17 heavy (non-hydrogen) atoms. The van der Waals surface area contributed by atoms with Gasteiger partial charge in [-0.1, -0.05) is 36.4 Å². The van der Waals surface area contributed by atoms with E-state index in [0.29, 0.717) is 6.42 Å². The van der Waals surface area contributed by atoms with E-state index in [4.69, 9.17) is 23.2 Å². The third-order valence-corrected chi connectivity index (χ3v) is 4.13. The van der Waals surface area contributed by atoms with Gasteiger partial charge in [0.25, 0.3) is 0 Å². The Morgan fingerprint density at radius 2 is 1.94 bits per heavy atom. The fourth-order valence-electron chi connectivity index (χ4n) is 1.17. The quantitative estimate of drug-likeness (QED) is 0.509. The highest BCUT2D eigenvalue weighted by atomic mass is 35.5. The molecule has 1 aromatic carbocycles. The Hall–Kier alpha value is -0.380. The Bertz CT molecular complexity index is 367. The molecule has 0 saturated heterocycles. The molecule has 0 aliphatic rings. The predicted molar refractivity (Wildman–Crippen MR) is 74.8 cm³/mol. The van der Waals surface area contributed by atoms with E-state index in [1.807, 2.05) is 31.2 Å². The molecule has 0 aromatic heterocycles. The van der Waals surface area contributed by atoms with Crippen LogP contribution in [0.2, 0.25) is 0 Å². The monoisotopic (exact) mass is 291 g/mol. The van der Waals surface area contributed by atoms with Crippen molar-refractivity contribution in [1.29, 1.82) is 0 Å². The van der Waals surface area contributed by atoms with Gasteiger partial charge in [0.2, 0.25) is 5.91 Å². The Labute approximate surface area is 116 Å². The molecule has 0 aliphatic carbocycles. The van der Waals surface area contributed by atoms with Gasteiger partial charge in [-0.25, -0.2) is 0 Å². The van der Waals surface area contributed by atoms with Gasteiger partial charge in [-0.05, 0) is 19.1 Å². The van der Waals surface area contributed by atoms with Crippen molar-refractivity contribution in [2.45, 2.75) is 35.4 Å². The molecule has 1 rings (SSSR count). The lowest BCUT2D eigenvalue weighted by atomic mass is 10.2. The van der Waals surface area contributed by atoms with Crippen molar-refractivity contribution < 1.29 is 4.79 Å². The lowest BCUT2D eigenvalue weighted by molar-refractivity contribution is -0.120. The number of thioether (sulfide) groups is 1. The zero-order valence-electron chi connectivity index (χ0n) is 9.74. The molecule has 1 amide bonds. The van der Waals surface area contributed by atoms with E-state index in [1.165, 1.54) is 17.3 Å². The van der Waals surface area contributed by atoms with Crippen LogP contribution in [0.5, 0.6) is 0 Å². The molecular formula is C12H15Cl2NOS. The lowest BCUT2D eigenvalue weighted by Gasteiger charge is -2.18. The first-order valence-electron chi connectivity index (χ1n) is 5.33. The minimum Gasteiger partial charge on any atom is -0.341 e. The maximum absolute atomic E-state index is 11.3. The lowest BCUT2D eigenvalue weighted by Crippen LogP contribution is -2.36. The Morgan fingerprint density at radius 3 is 2.41 bits per heavy atom. The van der Waals surface area contributed by atoms with Crippen LogP contribution in [-0.2, 0) is 4.79 Å². The maximum atomic E-state index is 11.3. The second-order valence-corrected chi connectivity index (χ2v) is 5.99. The summed E-state index contributed by atoms with van der Waals surface area (Å²) < 4.78 is 0. The average molecular weight is 292 g/mol. The van der Waals surface area contributed by atoms with Gasteiger partial charge in [0.05, 0.1) is 0 Å². The maximum Gasteiger partial charge on any atom is 0.220 e. The zero-order chi connectivity index (χ0) is 12.8. The molecule has 1 aromatic rings. The molecular weight excluding hydrogens is 277 g/mol. The summed E-state index contributed by atoms with van der Waals surface area (Å²) in [6.07, 6.45) is 0.422. The molecule has 0 spiro atoms. The van der Waals surface area contributed by atoms with Crippen molar-refractivity contribution in [2.24, 2.45) is 0 Å². The van der Waals surface area contributed by atoms with E-state index >= 15 is 0 Å². The second kappa shape index (κ2) is 7.14. The van der Waals surface area contributed by atoms with Crippen LogP contribution in [0.3, 0.4) is 0 Å². The van der Waals surface area contributed by atoms with Crippen LogP contribution < -0.4 is 5.32 Å². The van der Waals surface area contributed by atoms with Gasteiger partial charge in [-0.15, -0.1) is 23.2 Å². The Kier molecular flexibility index (Phi) is 6.17. The first-order chi connectivity index (χ1) is 8.02. The summed E-state index contributed by atoms with van der Waals surface area (Å²) in [5.41, 5.74) is 1.19. The van der Waals surface area contributed by atoms with Crippen LogP contribution in [0.1, 0.15) is 18.9 Å². The van der Waals surface area contributed by atoms with Crippen molar-refractivity contribution >= 4 is 40.9 Å². The van der Waals surface area contributed by atoms with Gasteiger partial charge < -0.3 is 5.32 Å². The van der Waals surface area contributed by atoms with Gasteiger partial charge in [0.15, 0.2) is 0 Å². The summed E-state index contributed by atoms with van der Waals surface area (Å²) in [5.74, 6) is -0.0547. The van der Waals surface area contributed by atoms with E-state index in [-0.39, 0.29) is 11.3 Å². The van der Waals surface area contributed by atoms with E-state index in [2.05, 4.69) is 5.32 Å². The topological polar surface area (TPSA) is 29.1 Å². The van der Waals surface area contributed by atoms with Crippen LogP contribution >= 0.6 is 35.0 Å². The van der Waals surface area contributed by atoms with Gasteiger partial charge in [0, 0.05) is 11.3 Å². The first-order valence-corrected chi connectivity index (χ1v) is 7.09. The highest BCUT2D eigenvalue weighted by Gasteiger charge is 2.19. The molecule has 0 bridgehead atoms. The standard InChI is InChI=1S/C12H15Cl2NOS/c1-3-10(16)15-12(11(13)14)17-9-6-4-8(2)5-7-9/h4-7,11-12H,3H2,1-2H3,(H,15,16)/t12-/m0/s1. The minimum atomic E-state index is -0.642. The minimum absolute atomic E-state index is 0.0547. The van der Waals surface area contributed by atoms with E-state index < -0.39 is 4.84 Å². The Balaban J connectivity index is 2.66. The van der Waals surface area contributed by atoms with Crippen LogP contribution in [0.15, 0.2) is 29.2 Å². The number of hydrogen-bond donors (Lipinski definition) is 1. The average Bonchev–Trinajstić information content (AvgIpc) is 2.30. The van der Waals surface area contributed by atoms with Gasteiger partial charge in [0.1, 0.15) is 10.2 Å². The number of carbonyl (C=O) groups excluding carboxylic acids is 1. The van der Waals surface area contributed by atoms with Crippen molar-refractivity contribution in [3.63, 3.8) is 0 Å². The molecule has 0 fully saturated rings. The third-order valence-electron chi connectivity index (χ3n) is 2.14. The molecule has 1 N–H and O–H groups in total. The summed E-state index contributed by atoms with van der Waals surface area (Å²) in [4.78, 5) is 11.7. The smallest absolute Gasteiger partial charge is 0.220 e. The molecule has 0 saturated carbocycles. The number of halogens is 2. The summed E-state index contributed by atoms with van der Waals surface area (Å²) in [6, 6.07) is 8.00. The normalized spacial score (nSPS) is 12.5. The molecule has 94 valence electrons. The summed E-state index contributed by atoms with van der Waals surface area (Å²) in [7, 11) is 0. The fraction of sp³-hybridized carbons (Fsp3) is 0.417. The summed E-state index contributed by atoms with van der Waals surface area (Å²) >= 11 is 13.2. The van der Waals surface area contributed by atoms with Gasteiger partial charge in [-0.3, -0.25) is 4.79 Å². The molecule has 0 heterocycles. The SMILES string of the molecule is CCC(=O)N[C@@H](Sc1ccc(C)cc1)C(Cl)Cl. The number of nitrogens with one attached hydrogen (secondary N) is 1. The number of alkyl halides is 2. The Morgan fingerprint density at radius 1 is 1.35 bits per heavy atom. The fourth-order valence-corrected chi connectivity index (χ4v) is 2.48. The highest BCUT2D eigenvalue weighted by Crippen LogP contribution is 2.28. The molecule has 5 heteroatoms. The number of aryl methyl sites for hydroxylation is 1. The van der Waals surface area contributed by atoms with Crippen LogP contribution in [0.25, 0.3) is 0 Å². The summed E-state index contributed by atoms with van der Waals surface area (Å²) in [6.45, 7) is 3.82. The first kappa shape index (κ1) is 14.7. The van der Waals surface area contributed by atoms with Crippen molar-refractivity contribution in [3.8, 4) is 0 Å². The van der Waals surface area contributed by atoms with Gasteiger partial charge >= 0.3 is 0 Å².